The first-order valence-electron chi connectivity index (χ1n) is 6.89. The van der Waals surface area contributed by atoms with Crippen LogP contribution in [-0.4, -0.2) is 19.7 Å². The number of nitrogens with zero attached hydrogens (tertiary/aromatic N) is 4. The number of anilines is 1. The molecule has 0 saturated heterocycles. The average Bonchev–Trinajstić information content (AvgIpc) is 2.98. The van der Waals surface area contributed by atoms with Crippen molar-refractivity contribution in [3.05, 3.63) is 54.4 Å². The Hall–Kier alpha value is -2.69. The van der Waals surface area contributed by atoms with E-state index >= 15 is 0 Å². The van der Waals surface area contributed by atoms with Crippen molar-refractivity contribution in [3.63, 3.8) is 0 Å². The van der Waals surface area contributed by atoms with Crippen LogP contribution in [0.1, 0.15) is 25.5 Å². The first-order valence-corrected chi connectivity index (χ1v) is 6.89. The van der Waals surface area contributed by atoms with Gasteiger partial charge in [0, 0.05) is 17.8 Å². The molecule has 2 N–H and O–H groups in total. The van der Waals surface area contributed by atoms with Crippen molar-refractivity contribution >= 4 is 5.82 Å². The van der Waals surface area contributed by atoms with Gasteiger partial charge >= 0.3 is 0 Å². The minimum Gasteiger partial charge on any atom is -0.384 e. The molecule has 0 saturated carbocycles. The maximum atomic E-state index is 5.91. The summed E-state index contributed by atoms with van der Waals surface area (Å²) in [4.78, 5) is 8.85. The van der Waals surface area contributed by atoms with Crippen LogP contribution in [0.3, 0.4) is 0 Å². The molecule has 5 heteroatoms. The predicted octanol–water partition coefficient (Wildman–Crippen LogP) is 3.03. The van der Waals surface area contributed by atoms with E-state index in [4.69, 9.17) is 5.73 Å². The molecule has 21 heavy (non-hydrogen) atoms. The summed E-state index contributed by atoms with van der Waals surface area (Å²) in [6, 6.07) is 13.5. The molecule has 2 aromatic heterocycles. The van der Waals surface area contributed by atoms with E-state index < -0.39 is 0 Å². The lowest BCUT2D eigenvalue weighted by atomic mass is 10.1. The van der Waals surface area contributed by atoms with Gasteiger partial charge in [-0.3, -0.25) is 0 Å². The number of hydrogen-bond acceptors (Lipinski definition) is 4. The molecule has 0 atom stereocenters. The smallest absolute Gasteiger partial charge is 0.163 e. The van der Waals surface area contributed by atoms with Crippen molar-refractivity contribution in [2.45, 2.75) is 19.8 Å². The molecular weight excluding hydrogens is 262 g/mol. The zero-order chi connectivity index (χ0) is 14.8. The molecule has 0 spiro atoms. The van der Waals surface area contributed by atoms with Crippen molar-refractivity contribution < 1.29 is 0 Å². The first kappa shape index (κ1) is 13.3. The van der Waals surface area contributed by atoms with Crippen molar-refractivity contribution in [2.75, 3.05) is 5.73 Å². The van der Waals surface area contributed by atoms with Gasteiger partial charge in [0.1, 0.15) is 5.82 Å². The largest absolute Gasteiger partial charge is 0.384 e. The molecule has 0 amide bonds. The third-order valence-electron chi connectivity index (χ3n) is 3.20. The first-order chi connectivity index (χ1) is 10.1. The molecule has 0 aliphatic rings. The van der Waals surface area contributed by atoms with Crippen LogP contribution in [0.2, 0.25) is 0 Å². The zero-order valence-electron chi connectivity index (χ0n) is 12.1. The second-order valence-electron chi connectivity index (χ2n) is 5.18. The molecule has 0 bridgehead atoms. The molecule has 106 valence electrons. The lowest BCUT2D eigenvalue weighted by Gasteiger charge is -2.06. The van der Waals surface area contributed by atoms with E-state index in [1.165, 1.54) is 0 Å². The SMILES string of the molecule is CC(C)c1ccn(-c2cc(N)nc(-c3ccccc3)n2)n1. The fourth-order valence-electron chi connectivity index (χ4n) is 2.06. The topological polar surface area (TPSA) is 69.6 Å². The van der Waals surface area contributed by atoms with Gasteiger partial charge in [-0.1, -0.05) is 44.2 Å². The van der Waals surface area contributed by atoms with Crippen molar-refractivity contribution in [2.24, 2.45) is 0 Å². The maximum absolute atomic E-state index is 5.91. The molecule has 2 heterocycles. The van der Waals surface area contributed by atoms with Crippen LogP contribution < -0.4 is 5.73 Å². The molecule has 3 rings (SSSR count). The summed E-state index contributed by atoms with van der Waals surface area (Å²) in [5.74, 6) is 2.08. The van der Waals surface area contributed by atoms with E-state index in [0.29, 0.717) is 23.4 Å². The van der Waals surface area contributed by atoms with E-state index in [-0.39, 0.29) is 0 Å². The van der Waals surface area contributed by atoms with Crippen LogP contribution in [-0.2, 0) is 0 Å². The Kier molecular flexibility index (Phi) is 3.39. The lowest BCUT2D eigenvalue weighted by molar-refractivity contribution is 0.757. The summed E-state index contributed by atoms with van der Waals surface area (Å²) in [6.45, 7) is 4.22. The summed E-state index contributed by atoms with van der Waals surface area (Å²) in [5, 5.41) is 4.53. The lowest BCUT2D eigenvalue weighted by Crippen LogP contribution is -2.04. The van der Waals surface area contributed by atoms with Crippen LogP contribution in [0.25, 0.3) is 17.2 Å². The fraction of sp³-hybridized carbons (Fsp3) is 0.188. The number of nitrogens with two attached hydrogens (primary N) is 1. The second-order valence-corrected chi connectivity index (χ2v) is 5.18. The van der Waals surface area contributed by atoms with Gasteiger partial charge in [-0.2, -0.15) is 5.10 Å². The van der Waals surface area contributed by atoms with Gasteiger partial charge in [0.05, 0.1) is 5.69 Å². The zero-order valence-corrected chi connectivity index (χ0v) is 12.1. The van der Waals surface area contributed by atoms with E-state index in [2.05, 4.69) is 28.9 Å². The normalized spacial score (nSPS) is 11.0. The van der Waals surface area contributed by atoms with Crippen molar-refractivity contribution in [1.82, 2.24) is 19.7 Å². The number of rotatable bonds is 3. The van der Waals surface area contributed by atoms with Crippen molar-refractivity contribution in [3.8, 4) is 17.2 Å². The average molecular weight is 279 g/mol. The Morgan fingerprint density at radius 3 is 2.48 bits per heavy atom. The van der Waals surface area contributed by atoms with Crippen LogP contribution in [0.15, 0.2) is 48.7 Å². The van der Waals surface area contributed by atoms with Gasteiger partial charge in [0.2, 0.25) is 0 Å². The highest BCUT2D eigenvalue weighted by molar-refractivity contribution is 5.58. The summed E-state index contributed by atoms with van der Waals surface area (Å²) in [6.07, 6.45) is 1.89. The quantitative estimate of drug-likeness (QED) is 0.800. The molecule has 0 fully saturated rings. The molecule has 0 radical (unpaired) electrons. The predicted molar refractivity (Wildman–Crippen MR) is 83.1 cm³/mol. The van der Waals surface area contributed by atoms with E-state index in [0.717, 1.165) is 11.3 Å². The molecular formula is C16H17N5. The summed E-state index contributed by atoms with van der Waals surface area (Å²) in [7, 11) is 0. The number of hydrogen-bond donors (Lipinski definition) is 1. The number of nitrogen functional groups attached to an aromatic ring is 1. The third kappa shape index (κ3) is 2.76. The Labute approximate surface area is 123 Å². The number of aromatic nitrogens is 4. The van der Waals surface area contributed by atoms with Crippen LogP contribution in [0.4, 0.5) is 5.82 Å². The summed E-state index contributed by atoms with van der Waals surface area (Å²) < 4.78 is 1.74. The van der Waals surface area contributed by atoms with Gasteiger partial charge in [0.15, 0.2) is 11.6 Å². The Balaban J connectivity index is 2.05. The molecule has 3 aromatic rings. The van der Waals surface area contributed by atoms with Crippen molar-refractivity contribution in [1.29, 1.82) is 0 Å². The molecule has 5 nitrogen and oxygen atoms in total. The van der Waals surface area contributed by atoms with Crippen LogP contribution >= 0.6 is 0 Å². The van der Waals surface area contributed by atoms with E-state index in [1.807, 2.05) is 42.6 Å². The maximum Gasteiger partial charge on any atom is 0.163 e. The Morgan fingerprint density at radius 2 is 1.81 bits per heavy atom. The molecule has 0 aliphatic heterocycles. The van der Waals surface area contributed by atoms with E-state index in [9.17, 15) is 0 Å². The van der Waals surface area contributed by atoms with Gasteiger partial charge in [-0.15, -0.1) is 0 Å². The van der Waals surface area contributed by atoms with Crippen LogP contribution in [0, 0.1) is 0 Å². The molecule has 1 aromatic carbocycles. The van der Waals surface area contributed by atoms with Gasteiger partial charge in [-0.25, -0.2) is 14.6 Å². The van der Waals surface area contributed by atoms with Gasteiger partial charge in [0.25, 0.3) is 0 Å². The second kappa shape index (κ2) is 5.36. The van der Waals surface area contributed by atoms with E-state index in [1.54, 1.807) is 10.7 Å². The minimum atomic E-state index is 0.374. The standard InChI is InChI=1S/C16H17N5/c1-11(2)13-8-9-21(20-13)15-10-14(17)18-16(19-15)12-6-4-3-5-7-12/h3-11H,1-2H3,(H2,17,18,19). The van der Waals surface area contributed by atoms with Gasteiger partial charge < -0.3 is 5.73 Å². The highest BCUT2D eigenvalue weighted by atomic mass is 15.3. The third-order valence-corrected chi connectivity index (χ3v) is 3.20. The monoisotopic (exact) mass is 279 g/mol. The van der Waals surface area contributed by atoms with Crippen LogP contribution in [0.5, 0.6) is 0 Å². The Morgan fingerprint density at radius 1 is 1.05 bits per heavy atom. The highest BCUT2D eigenvalue weighted by Gasteiger charge is 2.09. The minimum absolute atomic E-state index is 0.374. The molecule has 0 aliphatic carbocycles. The van der Waals surface area contributed by atoms with Gasteiger partial charge in [-0.05, 0) is 12.0 Å². The highest BCUT2D eigenvalue weighted by Crippen LogP contribution is 2.19. The Bertz CT molecular complexity index is 746. The fourth-order valence-corrected chi connectivity index (χ4v) is 2.06. The summed E-state index contributed by atoms with van der Waals surface area (Å²) >= 11 is 0. The number of benzene rings is 1. The molecule has 0 unspecified atom stereocenters. The summed E-state index contributed by atoms with van der Waals surface area (Å²) in [5.41, 5.74) is 7.86.